The molecule has 0 bridgehead atoms. The number of hydrogen-bond acceptors (Lipinski definition) is 3. The highest BCUT2D eigenvalue weighted by Gasteiger charge is 2.18. The van der Waals surface area contributed by atoms with Gasteiger partial charge in [-0.2, -0.15) is 0 Å². The summed E-state index contributed by atoms with van der Waals surface area (Å²) in [6, 6.07) is 7.59. The normalized spacial score (nSPS) is 10.6. The van der Waals surface area contributed by atoms with Gasteiger partial charge < -0.3 is 9.84 Å². The minimum absolute atomic E-state index is 0.287. The molecule has 1 aromatic carbocycles. The van der Waals surface area contributed by atoms with Crippen molar-refractivity contribution in [1.29, 1.82) is 0 Å². The zero-order chi connectivity index (χ0) is 11.5. The quantitative estimate of drug-likeness (QED) is 0.885. The van der Waals surface area contributed by atoms with Crippen LogP contribution >= 0.6 is 11.3 Å². The summed E-state index contributed by atoms with van der Waals surface area (Å²) in [6.45, 7) is 2.54. The van der Waals surface area contributed by atoms with Gasteiger partial charge in [0.1, 0.15) is 0 Å². The van der Waals surface area contributed by atoms with Gasteiger partial charge in [0.15, 0.2) is 10.6 Å². The SMILES string of the molecule is CCCOc1c(C(=O)O)sc2ccccc12. The fraction of sp³-hybridized carbons (Fsp3) is 0.250. The monoisotopic (exact) mass is 236 g/mol. The molecule has 0 atom stereocenters. The molecular formula is C12H12O3S. The minimum Gasteiger partial charge on any atom is -0.491 e. The predicted molar refractivity (Wildman–Crippen MR) is 64.6 cm³/mol. The van der Waals surface area contributed by atoms with Crippen LogP contribution in [0.5, 0.6) is 5.75 Å². The molecule has 0 saturated heterocycles. The molecule has 1 N–H and O–H groups in total. The second kappa shape index (κ2) is 4.53. The number of thiophene rings is 1. The van der Waals surface area contributed by atoms with Crippen LogP contribution in [0.25, 0.3) is 10.1 Å². The first kappa shape index (κ1) is 11.0. The van der Waals surface area contributed by atoms with Crippen LogP contribution in [-0.2, 0) is 0 Å². The molecular weight excluding hydrogens is 224 g/mol. The first-order valence-corrected chi connectivity index (χ1v) is 5.93. The van der Waals surface area contributed by atoms with Crippen LogP contribution in [0.1, 0.15) is 23.0 Å². The maximum absolute atomic E-state index is 11.1. The Morgan fingerprint density at radius 2 is 2.19 bits per heavy atom. The van der Waals surface area contributed by atoms with Gasteiger partial charge in [-0.3, -0.25) is 0 Å². The standard InChI is InChI=1S/C12H12O3S/c1-2-7-15-10-8-5-3-4-6-9(8)16-11(10)12(13)14/h3-6H,2,7H2,1H3,(H,13,14). The van der Waals surface area contributed by atoms with E-state index in [1.165, 1.54) is 11.3 Å². The third-order valence-electron chi connectivity index (χ3n) is 2.19. The van der Waals surface area contributed by atoms with E-state index in [0.29, 0.717) is 12.4 Å². The second-order valence-electron chi connectivity index (χ2n) is 3.41. The lowest BCUT2D eigenvalue weighted by atomic mass is 10.2. The fourth-order valence-corrected chi connectivity index (χ4v) is 2.50. The molecule has 0 amide bonds. The highest BCUT2D eigenvalue weighted by atomic mass is 32.1. The Hall–Kier alpha value is -1.55. The lowest BCUT2D eigenvalue weighted by Crippen LogP contribution is -2.00. The highest BCUT2D eigenvalue weighted by molar-refractivity contribution is 7.21. The van der Waals surface area contributed by atoms with Crippen molar-refractivity contribution >= 4 is 27.4 Å². The molecule has 0 aliphatic carbocycles. The summed E-state index contributed by atoms with van der Waals surface area (Å²) in [5.41, 5.74) is 0. The molecule has 0 aliphatic heterocycles. The lowest BCUT2D eigenvalue weighted by Gasteiger charge is -2.03. The Balaban J connectivity index is 2.55. The minimum atomic E-state index is -0.924. The molecule has 4 heteroatoms. The summed E-state index contributed by atoms with van der Waals surface area (Å²) < 4.78 is 6.48. The van der Waals surface area contributed by atoms with Crippen molar-refractivity contribution in [3.05, 3.63) is 29.1 Å². The molecule has 1 heterocycles. The van der Waals surface area contributed by atoms with Gasteiger partial charge in [-0.1, -0.05) is 19.1 Å². The summed E-state index contributed by atoms with van der Waals surface area (Å²) in [7, 11) is 0. The number of fused-ring (bicyclic) bond motifs is 1. The van der Waals surface area contributed by atoms with Crippen molar-refractivity contribution < 1.29 is 14.6 Å². The molecule has 2 aromatic rings. The number of carboxylic acid groups (broad SMARTS) is 1. The summed E-state index contributed by atoms with van der Waals surface area (Å²) in [5, 5.41) is 9.98. The first-order valence-electron chi connectivity index (χ1n) is 5.11. The number of aromatic carboxylic acids is 1. The van der Waals surface area contributed by atoms with Crippen molar-refractivity contribution in [3.63, 3.8) is 0 Å². The van der Waals surface area contributed by atoms with Crippen LogP contribution in [0, 0.1) is 0 Å². The summed E-state index contributed by atoms with van der Waals surface area (Å²) in [4.78, 5) is 11.4. The van der Waals surface area contributed by atoms with Crippen molar-refractivity contribution in [2.75, 3.05) is 6.61 Å². The van der Waals surface area contributed by atoms with E-state index in [-0.39, 0.29) is 4.88 Å². The molecule has 0 unspecified atom stereocenters. The highest BCUT2D eigenvalue weighted by Crippen LogP contribution is 2.37. The van der Waals surface area contributed by atoms with Gasteiger partial charge in [0.25, 0.3) is 0 Å². The maximum Gasteiger partial charge on any atom is 0.349 e. The van der Waals surface area contributed by atoms with E-state index in [0.717, 1.165) is 16.5 Å². The molecule has 2 rings (SSSR count). The van der Waals surface area contributed by atoms with E-state index in [1.807, 2.05) is 31.2 Å². The van der Waals surface area contributed by atoms with E-state index in [9.17, 15) is 4.79 Å². The van der Waals surface area contributed by atoms with Gasteiger partial charge in [-0.25, -0.2) is 4.79 Å². The van der Waals surface area contributed by atoms with E-state index in [2.05, 4.69) is 0 Å². The Morgan fingerprint density at radius 1 is 1.44 bits per heavy atom. The number of hydrogen-bond donors (Lipinski definition) is 1. The molecule has 0 fully saturated rings. The van der Waals surface area contributed by atoms with Crippen LogP contribution in [0.15, 0.2) is 24.3 Å². The number of rotatable bonds is 4. The Morgan fingerprint density at radius 3 is 2.88 bits per heavy atom. The Kier molecular flexibility index (Phi) is 3.10. The zero-order valence-electron chi connectivity index (χ0n) is 8.90. The van der Waals surface area contributed by atoms with Crippen LogP contribution in [0.4, 0.5) is 0 Å². The largest absolute Gasteiger partial charge is 0.491 e. The summed E-state index contributed by atoms with van der Waals surface area (Å²) in [6.07, 6.45) is 0.864. The first-order chi connectivity index (χ1) is 7.74. The maximum atomic E-state index is 11.1. The molecule has 0 spiro atoms. The van der Waals surface area contributed by atoms with Crippen molar-refractivity contribution in [2.45, 2.75) is 13.3 Å². The number of carbonyl (C=O) groups is 1. The van der Waals surface area contributed by atoms with Crippen LogP contribution in [-0.4, -0.2) is 17.7 Å². The molecule has 16 heavy (non-hydrogen) atoms. The average Bonchev–Trinajstić information content (AvgIpc) is 2.65. The Labute approximate surface area is 97.3 Å². The molecule has 3 nitrogen and oxygen atoms in total. The van der Waals surface area contributed by atoms with Gasteiger partial charge in [0.05, 0.1) is 6.61 Å². The fourth-order valence-electron chi connectivity index (χ4n) is 1.51. The number of benzene rings is 1. The molecule has 0 saturated carbocycles. The third kappa shape index (κ3) is 1.88. The number of ether oxygens (including phenoxy) is 1. The molecule has 1 aromatic heterocycles. The van der Waals surface area contributed by atoms with Crippen LogP contribution < -0.4 is 4.74 Å². The van der Waals surface area contributed by atoms with E-state index in [4.69, 9.17) is 9.84 Å². The van der Waals surface area contributed by atoms with E-state index < -0.39 is 5.97 Å². The lowest BCUT2D eigenvalue weighted by molar-refractivity contribution is 0.0698. The molecule has 84 valence electrons. The third-order valence-corrected chi connectivity index (χ3v) is 3.33. The van der Waals surface area contributed by atoms with Crippen molar-refractivity contribution in [3.8, 4) is 5.75 Å². The molecule has 0 aliphatic rings. The van der Waals surface area contributed by atoms with Crippen molar-refractivity contribution in [1.82, 2.24) is 0 Å². The smallest absolute Gasteiger partial charge is 0.349 e. The van der Waals surface area contributed by atoms with E-state index in [1.54, 1.807) is 0 Å². The zero-order valence-corrected chi connectivity index (χ0v) is 9.71. The van der Waals surface area contributed by atoms with Crippen LogP contribution in [0.2, 0.25) is 0 Å². The van der Waals surface area contributed by atoms with Crippen LogP contribution in [0.3, 0.4) is 0 Å². The summed E-state index contributed by atoms with van der Waals surface area (Å²) >= 11 is 1.26. The van der Waals surface area contributed by atoms with Gasteiger partial charge in [-0.05, 0) is 18.6 Å². The molecule has 0 radical (unpaired) electrons. The topological polar surface area (TPSA) is 46.5 Å². The predicted octanol–water partition coefficient (Wildman–Crippen LogP) is 3.39. The van der Waals surface area contributed by atoms with Gasteiger partial charge in [0, 0.05) is 10.1 Å². The van der Waals surface area contributed by atoms with E-state index >= 15 is 0 Å². The average molecular weight is 236 g/mol. The Bertz CT molecular complexity index is 516. The number of carboxylic acids is 1. The summed E-state index contributed by atoms with van der Waals surface area (Å²) in [5.74, 6) is -0.415. The van der Waals surface area contributed by atoms with Gasteiger partial charge in [-0.15, -0.1) is 11.3 Å². The second-order valence-corrected chi connectivity index (χ2v) is 4.46. The van der Waals surface area contributed by atoms with Gasteiger partial charge >= 0.3 is 5.97 Å². The van der Waals surface area contributed by atoms with Crippen molar-refractivity contribution in [2.24, 2.45) is 0 Å². The van der Waals surface area contributed by atoms with Gasteiger partial charge in [0.2, 0.25) is 0 Å².